The molecule has 14 heteroatoms. The fourth-order valence-electron chi connectivity index (χ4n) is 6.28. The van der Waals surface area contributed by atoms with E-state index in [4.69, 9.17) is 27.7 Å². The van der Waals surface area contributed by atoms with E-state index in [9.17, 15) is 13.2 Å². The quantitative estimate of drug-likeness (QED) is 0.224. The van der Waals surface area contributed by atoms with Crippen molar-refractivity contribution in [3.05, 3.63) is 63.4 Å². The summed E-state index contributed by atoms with van der Waals surface area (Å²) in [5, 5.41) is 5.41. The van der Waals surface area contributed by atoms with Gasteiger partial charge in [-0.15, -0.1) is 0 Å². The van der Waals surface area contributed by atoms with Crippen LogP contribution in [-0.2, 0) is 10.0 Å². The summed E-state index contributed by atoms with van der Waals surface area (Å²) in [6, 6.07) is 2.57. The van der Waals surface area contributed by atoms with Crippen LogP contribution in [0.3, 0.4) is 0 Å². The first-order chi connectivity index (χ1) is 21.1. The number of sulfonamides is 1. The average Bonchev–Trinajstić information content (AvgIpc) is 3.91. The molecular weight excluding hydrogens is 648 g/mol. The fourth-order valence-corrected chi connectivity index (χ4v) is 9.20. The minimum Gasteiger partial charge on any atom is -0.360 e. The highest BCUT2D eigenvalue weighted by Gasteiger charge is 2.44. The highest BCUT2D eigenvalue weighted by Crippen LogP contribution is 2.56. The molecule has 4 aliphatic rings. The van der Waals surface area contributed by atoms with Gasteiger partial charge in [0.1, 0.15) is 17.0 Å². The average molecular weight is 675 g/mol. The number of nitrogens with one attached hydrogen (secondary N) is 1. The molecule has 228 valence electrons. The summed E-state index contributed by atoms with van der Waals surface area (Å²) in [5.74, 6) is -0.213. The van der Waals surface area contributed by atoms with Gasteiger partial charge in [0.15, 0.2) is 10.9 Å². The van der Waals surface area contributed by atoms with Gasteiger partial charge in [0.2, 0.25) is 10.0 Å². The van der Waals surface area contributed by atoms with Crippen molar-refractivity contribution in [3.63, 3.8) is 0 Å². The Morgan fingerprint density at radius 3 is 2.45 bits per heavy atom. The van der Waals surface area contributed by atoms with Gasteiger partial charge in [-0.2, -0.15) is 0 Å². The Kier molecular flexibility index (Phi) is 6.61. The van der Waals surface area contributed by atoms with Crippen LogP contribution in [0.2, 0.25) is 10.0 Å². The lowest BCUT2D eigenvalue weighted by Crippen LogP contribution is -2.42. The van der Waals surface area contributed by atoms with E-state index in [1.807, 2.05) is 0 Å². The first-order valence-electron chi connectivity index (χ1n) is 14.5. The molecule has 0 unspecified atom stereocenters. The monoisotopic (exact) mass is 673 g/mol. The van der Waals surface area contributed by atoms with Crippen LogP contribution in [0.5, 0.6) is 0 Å². The molecule has 8 rings (SSSR count). The van der Waals surface area contributed by atoms with Gasteiger partial charge in [-0.05, 0) is 68.1 Å². The zero-order valence-electron chi connectivity index (χ0n) is 23.3. The number of fused-ring (bicyclic) bond motifs is 1. The van der Waals surface area contributed by atoms with Crippen LogP contribution >= 0.6 is 34.5 Å². The Bertz CT molecular complexity index is 1970. The van der Waals surface area contributed by atoms with E-state index in [-0.39, 0.29) is 16.5 Å². The Balaban J connectivity index is 1.01. The first kappa shape index (κ1) is 28.4. The molecular formula is C30H26Cl2FN5O4S2. The number of thiazole rings is 1. The zero-order chi connectivity index (χ0) is 30.4. The largest absolute Gasteiger partial charge is 0.360 e. The predicted octanol–water partition coefficient (Wildman–Crippen LogP) is 6.97. The molecule has 4 aromatic rings. The lowest BCUT2D eigenvalue weighted by molar-refractivity contribution is 0.0981. The topological polar surface area (TPSA) is 118 Å². The number of nitrogens with zero attached hydrogens (tertiary/aromatic N) is 4. The van der Waals surface area contributed by atoms with Gasteiger partial charge < -0.3 is 9.42 Å². The smallest absolute Gasteiger partial charge is 0.264 e. The molecule has 1 aliphatic heterocycles. The van der Waals surface area contributed by atoms with Crippen molar-refractivity contribution in [2.24, 2.45) is 5.41 Å². The van der Waals surface area contributed by atoms with Gasteiger partial charge in [-0.1, -0.05) is 45.8 Å². The van der Waals surface area contributed by atoms with Crippen molar-refractivity contribution in [2.75, 3.05) is 18.0 Å². The molecule has 0 radical (unpaired) electrons. The number of aromatic nitrogens is 3. The summed E-state index contributed by atoms with van der Waals surface area (Å²) in [5.41, 5.74) is 3.68. The Morgan fingerprint density at radius 2 is 1.80 bits per heavy atom. The molecule has 3 fully saturated rings. The third kappa shape index (κ3) is 4.90. The highest BCUT2D eigenvalue weighted by atomic mass is 35.5. The number of benzene rings is 1. The number of carbonyl (C=O) groups excluding carboxylic acids is 1. The maximum atomic E-state index is 15.0. The summed E-state index contributed by atoms with van der Waals surface area (Å²) in [6.07, 6.45) is 11.3. The Morgan fingerprint density at radius 1 is 1.09 bits per heavy atom. The molecule has 1 saturated heterocycles. The minimum absolute atomic E-state index is 0.0350. The second kappa shape index (κ2) is 10.2. The maximum Gasteiger partial charge on any atom is 0.264 e. The van der Waals surface area contributed by atoms with Crippen molar-refractivity contribution in [3.8, 4) is 11.3 Å². The number of hydrogen-bond donors (Lipinski definition) is 1. The van der Waals surface area contributed by atoms with Crippen LogP contribution in [0.4, 0.5) is 9.52 Å². The summed E-state index contributed by atoms with van der Waals surface area (Å²) < 4.78 is 47.8. The Hall–Kier alpha value is -3.06. The standard InChI is InChI=1S/C30H26Cl2FN5O4S2/c31-19-13-34-14-20(32)24(19)26-23(27(42-36-26)15-1-2-15)17-11-30(12-17)5-7-38(8-6-30)29-35-25-21(33)9-16(10-22(25)43-29)28(39)37-44(40,41)18-3-4-18/h9-11,13-15,18H,1-8,12H2,(H,37,39). The molecule has 2 saturated carbocycles. The number of hydrogen-bond acceptors (Lipinski definition) is 9. The SMILES string of the molecule is O=C(NS(=O)(=O)C1CC1)c1cc(F)c2nc(N3CCC4(C=C(c5c(-c6c(Cl)cncc6Cl)noc5C5CC5)C4)CC3)sc2c1. The van der Waals surface area contributed by atoms with Crippen LogP contribution in [0.25, 0.3) is 27.0 Å². The van der Waals surface area contributed by atoms with Crippen molar-refractivity contribution < 1.29 is 22.1 Å². The maximum absolute atomic E-state index is 15.0. The molecule has 4 heterocycles. The normalized spacial score (nSPS) is 19.7. The number of piperidine rings is 1. The van der Waals surface area contributed by atoms with Gasteiger partial charge in [0, 0.05) is 48.1 Å². The van der Waals surface area contributed by atoms with Crippen LogP contribution in [-0.4, -0.2) is 47.8 Å². The van der Waals surface area contributed by atoms with Gasteiger partial charge in [-0.3, -0.25) is 9.78 Å². The van der Waals surface area contributed by atoms with E-state index >= 15 is 4.39 Å². The summed E-state index contributed by atoms with van der Waals surface area (Å²) >= 11 is 14.3. The second-order valence-corrected chi connectivity index (χ2v) is 16.0. The van der Waals surface area contributed by atoms with Gasteiger partial charge in [0.05, 0.1) is 20.0 Å². The molecule has 1 aromatic carbocycles. The Labute approximate surface area is 266 Å². The molecule has 1 N–H and O–H groups in total. The van der Waals surface area contributed by atoms with Gasteiger partial charge >= 0.3 is 0 Å². The molecule has 1 amide bonds. The van der Waals surface area contributed by atoms with Crippen molar-refractivity contribution in [1.29, 1.82) is 0 Å². The van der Waals surface area contributed by atoms with Crippen molar-refractivity contribution in [1.82, 2.24) is 19.8 Å². The molecule has 9 nitrogen and oxygen atoms in total. The van der Waals surface area contributed by atoms with Crippen LogP contribution < -0.4 is 9.62 Å². The number of anilines is 1. The van der Waals surface area contributed by atoms with E-state index in [0.29, 0.717) is 49.9 Å². The van der Waals surface area contributed by atoms with Crippen molar-refractivity contribution >= 4 is 71.4 Å². The number of allylic oxidation sites excluding steroid dienone is 2. The second-order valence-electron chi connectivity index (χ2n) is 12.2. The lowest BCUT2D eigenvalue weighted by Gasteiger charge is -2.46. The molecule has 3 aromatic heterocycles. The fraction of sp³-hybridized carbons (Fsp3) is 0.400. The van der Waals surface area contributed by atoms with Crippen LogP contribution in [0.15, 0.2) is 35.1 Å². The zero-order valence-corrected chi connectivity index (χ0v) is 26.4. The van der Waals surface area contributed by atoms with E-state index in [1.54, 1.807) is 12.4 Å². The predicted molar refractivity (Wildman–Crippen MR) is 167 cm³/mol. The molecule has 0 atom stereocenters. The number of rotatable bonds is 7. The molecule has 0 bridgehead atoms. The number of carbonyl (C=O) groups is 1. The number of pyridine rings is 1. The van der Waals surface area contributed by atoms with Gasteiger partial charge in [0.25, 0.3) is 5.91 Å². The molecule has 44 heavy (non-hydrogen) atoms. The number of amides is 1. The van der Waals surface area contributed by atoms with Crippen molar-refractivity contribution in [2.45, 2.75) is 56.1 Å². The van der Waals surface area contributed by atoms with Gasteiger partial charge in [-0.25, -0.2) is 22.5 Å². The molecule has 3 aliphatic carbocycles. The van der Waals surface area contributed by atoms with E-state index in [2.05, 4.69) is 30.8 Å². The van der Waals surface area contributed by atoms with Crippen LogP contribution in [0, 0.1) is 11.2 Å². The summed E-state index contributed by atoms with van der Waals surface area (Å²) in [6.45, 7) is 1.48. The third-order valence-electron chi connectivity index (χ3n) is 9.03. The highest BCUT2D eigenvalue weighted by molar-refractivity contribution is 7.91. The third-order valence-corrected chi connectivity index (χ3v) is 12.5. The molecule has 1 spiro atoms. The minimum atomic E-state index is -3.73. The first-order valence-corrected chi connectivity index (χ1v) is 17.6. The lowest BCUT2D eigenvalue weighted by atomic mass is 9.63. The van der Waals surface area contributed by atoms with Crippen LogP contribution in [0.1, 0.15) is 72.5 Å². The van der Waals surface area contributed by atoms with E-state index < -0.39 is 27.0 Å². The number of halogens is 3. The summed E-state index contributed by atoms with van der Waals surface area (Å²) in [4.78, 5) is 23.4. The van der Waals surface area contributed by atoms with E-state index in [0.717, 1.165) is 62.6 Å². The van der Waals surface area contributed by atoms with E-state index in [1.165, 1.54) is 23.0 Å². The summed E-state index contributed by atoms with van der Waals surface area (Å²) in [7, 11) is -3.73.